The quantitative estimate of drug-likeness (QED) is 0.634. The predicted octanol–water partition coefficient (Wildman–Crippen LogP) is 2.50. The third kappa shape index (κ3) is 5.09. The number of rotatable bonds is 6. The number of aliphatic imine (C=N–C) groups is 1. The molecule has 0 aliphatic rings. The fraction of sp³-hybridized carbons (Fsp3) is 0.333. The maximum Gasteiger partial charge on any atom is 0.156 e. The largest absolute Gasteiger partial charge is 0.365 e. The minimum Gasteiger partial charge on any atom is -0.365 e. The number of thioether (sulfide) groups is 1. The molecule has 0 fully saturated rings. The summed E-state index contributed by atoms with van der Waals surface area (Å²) < 4.78 is 0. The van der Waals surface area contributed by atoms with Gasteiger partial charge in [0.15, 0.2) is 5.17 Å². The second kappa shape index (κ2) is 8.43. The van der Waals surface area contributed by atoms with E-state index >= 15 is 0 Å². The van der Waals surface area contributed by atoms with Crippen molar-refractivity contribution in [1.29, 1.82) is 0 Å². The first-order valence-corrected chi connectivity index (χ1v) is 7.71. The number of aromatic nitrogens is 2. The minimum absolute atomic E-state index is 0.910. The molecule has 4 nitrogen and oxygen atoms in total. The monoisotopic (exact) mass is 288 g/mol. The number of hydrogen-bond acceptors (Lipinski definition) is 3. The predicted molar refractivity (Wildman–Crippen MR) is 86.3 cm³/mol. The van der Waals surface area contributed by atoms with E-state index in [9.17, 15) is 0 Å². The van der Waals surface area contributed by atoms with Crippen LogP contribution in [0, 0.1) is 0 Å². The molecule has 0 atom stereocenters. The van der Waals surface area contributed by atoms with Gasteiger partial charge in [0.1, 0.15) is 0 Å². The van der Waals surface area contributed by atoms with Gasteiger partial charge in [-0.3, -0.25) is 4.99 Å². The van der Waals surface area contributed by atoms with Crippen molar-refractivity contribution >= 4 is 16.9 Å². The Hall–Kier alpha value is -1.75. The lowest BCUT2D eigenvalue weighted by atomic mass is 10.2. The van der Waals surface area contributed by atoms with Crippen molar-refractivity contribution < 1.29 is 0 Å². The molecule has 2 rings (SSSR count). The Balaban J connectivity index is 1.65. The number of imidazole rings is 1. The van der Waals surface area contributed by atoms with Gasteiger partial charge in [-0.15, -0.1) is 0 Å². The summed E-state index contributed by atoms with van der Waals surface area (Å²) in [6.45, 7) is 0.910. The average Bonchev–Trinajstić information content (AvgIpc) is 3.00. The molecule has 0 saturated heterocycles. The van der Waals surface area contributed by atoms with E-state index in [-0.39, 0.29) is 0 Å². The van der Waals surface area contributed by atoms with Crippen LogP contribution in [0.15, 0.2) is 47.8 Å². The van der Waals surface area contributed by atoms with Crippen LogP contribution in [0.2, 0.25) is 0 Å². The van der Waals surface area contributed by atoms with Crippen LogP contribution in [0.3, 0.4) is 0 Å². The molecule has 2 aromatic rings. The van der Waals surface area contributed by atoms with Gasteiger partial charge in [-0.05, 0) is 18.4 Å². The Labute approximate surface area is 124 Å². The highest BCUT2D eigenvalue weighted by atomic mass is 32.2. The van der Waals surface area contributed by atoms with Crippen molar-refractivity contribution in [2.45, 2.75) is 12.8 Å². The van der Waals surface area contributed by atoms with Crippen molar-refractivity contribution in [3.63, 3.8) is 0 Å². The van der Waals surface area contributed by atoms with Crippen LogP contribution in [-0.2, 0) is 12.8 Å². The Kier molecular flexibility index (Phi) is 6.17. The molecular weight excluding hydrogens is 268 g/mol. The normalized spacial score (nSPS) is 11.6. The Morgan fingerprint density at radius 3 is 2.85 bits per heavy atom. The SMILES string of the molecule is CN=C(NCCc1ccccc1)SCCc1cnc[nH]1. The molecule has 0 amide bonds. The van der Waals surface area contributed by atoms with Crippen LogP contribution in [0.5, 0.6) is 0 Å². The smallest absolute Gasteiger partial charge is 0.156 e. The van der Waals surface area contributed by atoms with E-state index in [1.807, 2.05) is 19.3 Å². The fourth-order valence-corrected chi connectivity index (χ4v) is 2.68. The van der Waals surface area contributed by atoms with E-state index in [1.165, 1.54) is 5.56 Å². The van der Waals surface area contributed by atoms with Crippen LogP contribution in [0.1, 0.15) is 11.3 Å². The molecular formula is C15H20N4S. The van der Waals surface area contributed by atoms with Crippen LogP contribution < -0.4 is 5.32 Å². The number of H-pyrrole nitrogens is 1. The summed E-state index contributed by atoms with van der Waals surface area (Å²) in [6, 6.07) is 10.5. The Bertz CT molecular complexity index is 508. The highest BCUT2D eigenvalue weighted by Crippen LogP contribution is 2.06. The van der Waals surface area contributed by atoms with E-state index in [0.29, 0.717) is 0 Å². The number of hydrogen-bond donors (Lipinski definition) is 2. The first-order chi connectivity index (χ1) is 9.88. The van der Waals surface area contributed by atoms with Crippen LogP contribution >= 0.6 is 11.8 Å². The summed E-state index contributed by atoms with van der Waals surface area (Å²) in [5.41, 5.74) is 2.51. The van der Waals surface area contributed by atoms with Gasteiger partial charge in [-0.25, -0.2) is 4.98 Å². The van der Waals surface area contributed by atoms with E-state index < -0.39 is 0 Å². The summed E-state index contributed by atoms with van der Waals surface area (Å²) in [5.74, 6) is 0.993. The molecule has 0 spiro atoms. The summed E-state index contributed by atoms with van der Waals surface area (Å²) in [5, 5.41) is 4.39. The number of nitrogens with zero attached hydrogens (tertiary/aromatic N) is 2. The van der Waals surface area contributed by atoms with Crippen LogP contribution in [-0.4, -0.2) is 34.5 Å². The van der Waals surface area contributed by atoms with E-state index in [1.54, 1.807) is 18.1 Å². The second-order valence-corrected chi connectivity index (χ2v) is 5.45. The van der Waals surface area contributed by atoms with Crippen molar-refractivity contribution in [3.8, 4) is 0 Å². The summed E-state index contributed by atoms with van der Waals surface area (Å²) >= 11 is 1.75. The zero-order valence-corrected chi connectivity index (χ0v) is 12.5. The molecule has 106 valence electrons. The van der Waals surface area contributed by atoms with Gasteiger partial charge in [0, 0.05) is 31.2 Å². The topological polar surface area (TPSA) is 53.1 Å². The molecule has 0 saturated carbocycles. The van der Waals surface area contributed by atoms with Gasteiger partial charge in [-0.2, -0.15) is 0 Å². The molecule has 2 N–H and O–H groups in total. The van der Waals surface area contributed by atoms with Crippen LogP contribution in [0.4, 0.5) is 0 Å². The van der Waals surface area contributed by atoms with E-state index in [2.05, 4.69) is 44.5 Å². The Morgan fingerprint density at radius 2 is 2.15 bits per heavy atom. The fourth-order valence-electron chi connectivity index (χ4n) is 1.83. The van der Waals surface area contributed by atoms with Crippen molar-refractivity contribution in [2.75, 3.05) is 19.3 Å². The lowest BCUT2D eigenvalue weighted by Crippen LogP contribution is -2.23. The third-order valence-electron chi connectivity index (χ3n) is 2.90. The van der Waals surface area contributed by atoms with E-state index in [4.69, 9.17) is 0 Å². The van der Waals surface area contributed by atoms with Crippen molar-refractivity contribution in [2.24, 2.45) is 4.99 Å². The number of aromatic amines is 1. The molecule has 0 bridgehead atoms. The molecule has 0 aliphatic carbocycles. The molecule has 5 heteroatoms. The van der Waals surface area contributed by atoms with Crippen LogP contribution in [0.25, 0.3) is 0 Å². The summed E-state index contributed by atoms with van der Waals surface area (Å²) in [6.07, 6.45) is 5.57. The third-order valence-corrected chi connectivity index (χ3v) is 3.91. The first kappa shape index (κ1) is 14.7. The van der Waals surface area contributed by atoms with E-state index in [0.717, 1.165) is 36.0 Å². The molecule has 0 unspecified atom stereocenters. The average molecular weight is 288 g/mol. The summed E-state index contributed by atoms with van der Waals surface area (Å²) in [7, 11) is 1.83. The zero-order chi connectivity index (χ0) is 14.0. The van der Waals surface area contributed by atoms with Gasteiger partial charge >= 0.3 is 0 Å². The van der Waals surface area contributed by atoms with Gasteiger partial charge in [-0.1, -0.05) is 42.1 Å². The van der Waals surface area contributed by atoms with Gasteiger partial charge in [0.05, 0.1) is 6.33 Å². The zero-order valence-electron chi connectivity index (χ0n) is 11.7. The van der Waals surface area contributed by atoms with Gasteiger partial charge < -0.3 is 10.3 Å². The number of aryl methyl sites for hydroxylation is 1. The molecule has 1 aromatic heterocycles. The number of nitrogens with one attached hydrogen (secondary N) is 2. The standard InChI is InChI=1S/C15H20N4S/c1-16-15(20-10-8-14-11-17-12-19-14)18-9-7-13-5-3-2-4-6-13/h2-6,11-12H,7-10H2,1H3,(H,16,18)(H,17,19). The number of benzene rings is 1. The summed E-state index contributed by atoms with van der Waals surface area (Å²) in [4.78, 5) is 11.4. The van der Waals surface area contributed by atoms with Gasteiger partial charge in [0.2, 0.25) is 0 Å². The number of amidine groups is 1. The lowest BCUT2D eigenvalue weighted by Gasteiger charge is -2.08. The highest BCUT2D eigenvalue weighted by molar-refractivity contribution is 8.13. The Morgan fingerprint density at radius 1 is 1.30 bits per heavy atom. The molecule has 0 aliphatic heterocycles. The molecule has 20 heavy (non-hydrogen) atoms. The maximum atomic E-state index is 4.28. The molecule has 0 radical (unpaired) electrons. The lowest BCUT2D eigenvalue weighted by molar-refractivity contribution is 0.873. The highest BCUT2D eigenvalue weighted by Gasteiger charge is 2.00. The molecule has 1 aromatic carbocycles. The maximum absolute atomic E-state index is 4.28. The minimum atomic E-state index is 0.910. The van der Waals surface area contributed by atoms with Crippen molar-refractivity contribution in [1.82, 2.24) is 15.3 Å². The van der Waals surface area contributed by atoms with Crippen molar-refractivity contribution in [3.05, 3.63) is 54.1 Å². The first-order valence-electron chi connectivity index (χ1n) is 6.73. The van der Waals surface area contributed by atoms with Gasteiger partial charge in [0.25, 0.3) is 0 Å². The second-order valence-electron chi connectivity index (χ2n) is 4.37. The molecule has 1 heterocycles.